The van der Waals surface area contributed by atoms with Gasteiger partial charge in [0.2, 0.25) is 14.9 Å². The molecule has 1 amide bonds. The van der Waals surface area contributed by atoms with Crippen LogP contribution in [0, 0.1) is 0 Å². The molecule has 2 aromatic rings. The van der Waals surface area contributed by atoms with E-state index in [9.17, 15) is 18.3 Å². The summed E-state index contributed by atoms with van der Waals surface area (Å²) >= 11 is 0. The standard InChI is InChI=1S/C17H19NO5S/c1-18(16(19)14-7-8-15(23-14)24(2,21)22)11-17(20)10-9-12-5-3-4-6-13(12)17/h3-8,20H,9-11H2,1-2H3/t17-/m1/s1. The second kappa shape index (κ2) is 5.75. The predicted octanol–water partition coefficient (Wildman–Crippen LogP) is 1.59. The molecule has 1 aromatic carbocycles. The molecule has 0 aliphatic heterocycles. The van der Waals surface area contributed by atoms with Crippen molar-refractivity contribution >= 4 is 15.7 Å². The zero-order chi connectivity index (χ0) is 17.5. The molecule has 128 valence electrons. The molecule has 1 atom stereocenters. The summed E-state index contributed by atoms with van der Waals surface area (Å²) < 4.78 is 28.0. The van der Waals surface area contributed by atoms with E-state index in [0.29, 0.717) is 6.42 Å². The third kappa shape index (κ3) is 2.97. The minimum atomic E-state index is -3.50. The summed E-state index contributed by atoms with van der Waals surface area (Å²) in [6.45, 7) is 0.109. The fraction of sp³-hybridized carbons (Fsp3) is 0.353. The zero-order valence-corrected chi connectivity index (χ0v) is 14.3. The molecule has 3 rings (SSSR count). The Morgan fingerprint density at radius 3 is 2.67 bits per heavy atom. The zero-order valence-electron chi connectivity index (χ0n) is 13.5. The highest BCUT2D eigenvalue weighted by molar-refractivity contribution is 7.90. The molecule has 1 heterocycles. The number of hydrogen-bond donors (Lipinski definition) is 1. The van der Waals surface area contributed by atoms with E-state index in [4.69, 9.17) is 4.42 Å². The van der Waals surface area contributed by atoms with Gasteiger partial charge in [-0.3, -0.25) is 4.79 Å². The van der Waals surface area contributed by atoms with Crippen molar-refractivity contribution in [3.8, 4) is 0 Å². The van der Waals surface area contributed by atoms with Gasteiger partial charge in [0, 0.05) is 13.3 Å². The Morgan fingerprint density at radius 1 is 1.29 bits per heavy atom. The van der Waals surface area contributed by atoms with Crippen LogP contribution in [0.15, 0.2) is 45.9 Å². The Balaban J connectivity index is 1.79. The number of aliphatic hydroxyl groups is 1. The van der Waals surface area contributed by atoms with Gasteiger partial charge >= 0.3 is 0 Å². The van der Waals surface area contributed by atoms with Crippen molar-refractivity contribution in [3.05, 3.63) is 53.3 Å². The van der Waals surface area contributed by atoms with Crippen LogP contribution < -0.4 is 0 Å². The van der Waals surface area contributed by atoms with E-state index < -0.39 is 21.3 Å². The van der Waals surface area contributed by atoms with Gasteiger partial charge < -0.3 is 14.4 Å². The summed E-state index contributed by atoms with van der Waals surface area (Å²) in [7, 11) is -1.94. The van der Waals surface area contributed by atoms with Crippen LogP contribution in [-0.2, 0) is 21.9 Å². The van der Waals surface area contributed by atoms with Gasteiger partial charge in [-0.25, -0.2) is 8.42 Å². The first-order valence-corrected chi connectivity index (χ1v) is 9.46. The first-order chi connectivity index (χ1) is 11.2. The largest absolute Gasteiger partial charge is 0.440 e. The summed E-state index contributed by atoms with van der Waals surface area (Å²) in [5, 5.41) is 10.7. The van der Waals surface area contributed by atoms with E-state index in [0.717, 1.165) is 23.8 Å². The Hall–Kier alpha value is -2.12. The van der Waals surface area contributed by atoms with E-state index in [1.165, 1.54) is 17.0 Å². The molecule has 1 N–H and O–H groups in total. The maximum Gasteiger partial charge on any atom is 0.289 e. The molecule has 0 bridgehead atoms. The number of benzene rings is 1. The average Bonchev–Trinajstić information content (AvgIpc) is 3.13. The van der Waals surface area contributed by atoms with Gasteiger partial charge in [0.05, 0.1) is 6.54 Å². The first-order valence-electron chi connectivity index (χ1n) is 7.57. The predicted molar refractivity (Wildman–Crippen MR) is 87.4 cm³/mol. The minimum Gasteiger partial charge on any atom is -0.440 e. The lowest BCUT2D eigenvalue weighted by Crippen LogP contribution is -2.40. The molecule has 0 spiro atoms. The van der Waals surface area contributed by atoms with E-state index in [1.54, 1.807) is 7.05 Å². The van der Waals surface area contributed by atoms with Crippen molar-refractivity contribution < 1.29 is 22.7 Å². The van der Waals surface area contributed by atoms with Gasteiger partial charge in [-0.2, -0.15) is 0 Å². The lowest BCUT2D eigenvalue weighted by atomic mass is 9.95. The quantitative estimate of drug-likeness (QED) is 0.906. The maximum absolute atomic E-state index is 12.5. The average molecular weight is 349 g/mol. The van der Waals surface area contributed by atoms with Crippen LogP contribution in [0.5, 0.6) is 0 Å². The van der Waals surface area contributed by atoms with Gasteiger partial charge in [0.25, 0.3) is 5.91 Å². The van der Waals surface area contributed by atoms with Gasteiger partial charge in [-0.15, -0.1) is 0 Å². The molecular weight excluding hydrogens is 330 g/mol. The monoisotopic (exact) mass is 349 g/mol. The number of furan rings is 1. The third-order valence-electron chi connectivity index (χ3n) is 4.33. The number of rotatable bonds is 4. The fourth-order valence-electron chi connectivity index (χ4n) is 3.12. The van der Waals surface area contributed by atoms with Crippen molar-refractivity contribution in [1.29, 1.82) is 0 Å². The van der Waals surface area contributed by atoms with Crippen LogP contribution in [0.1, 0.15) is 28.1 Å². The van der Waals surface area contributed by atoms with Crippen LogP contribution in [0.3, 0.4) is 0 Å². The van der Waals surface area contributed by atoms with Crippen molar-refractivity contribution in [2.75, 3.05) is 19.8 Å². The van der Waals surface area contributed by atoms with E-state index in [2.05, 4.69) is 0 Å². The molecule has 0 radical (unpaired) electrons. The summed E-state index contributed by atoms with van der Waals surface area (Å²) in [6.07, 6.45) is 2.31. The van der Waals surface area contributed by atoms with E-state index in [1.807, 2.05) is 24.3 Å². The molecule has 1 aliphatic rings. The van der Waals surface area contributed by atoms with Gasteiger partial charge in [0.15, 0.2) is 5.76 Å². The van der Waals surface area contributed by atoms with Crippen LogP contribution in [0.2, 0.25) is 0 Å². The number of carbonyl (C=O) groups is 1. The van der Waals surface area contributed by atoms with Crippen molar-refractivity contribution in [1.82, 2.24) is 4.90 Å². The normalized spacial score (nSPS) is 20.0. The summed E-state index contributed by atoms with van der Waals surface area (Å²) in [5.74, 6) is -0.532. The molecule has 1 aromatic heterocycles. The highest BCUT2D eigenvalue weighted by atomic mass is 32.2. The summed E-state index contributed by atoms with van der Waals surface area (Å²) in [4.78, 5) is 13.8. The lowest BCUT2D eigenvalue weighted by Gasteiger charge is -2.29. The molecule has 1 aliphatic carbocycles. The topological polar surface area (TPSA) is 87.8 Å². The van der Waals surface area contributed by atoms with Crippen LogP contribution in [0.4, 0.5) is 0 Å². The highest BCUT2D eigenvalue weighted by Gasteiger charge is 2.38. The smallest absolute Gasteiger partial charge is 0.289 e. The van der Waals surface area contributed by atoms with Crippen LogP contribution >= 0.6 is 0 Å². The molecule has 24 heavy (non-hydrogen) atoms. The van der Waals surface area contributed by atoms with E-state index in [-0.39, 0.29) is 17.4 Å². The molecule has 7 heteroatoms. The fourth-order valence-corrected chi connectivity index (χ4v) is 3.68. The number of amides is 1. The number of aryl methyl sites for hydroxylation is 1. The molecular formula is C17H19NO5S. The SMILES string of the molecule is CN(C[C@]1(O)CCc2ccccc21)C(=O)c1ccc(S(C)(=O)=O)o1. The first kappa shape index (κ1) is 16.7. The Bertz CT molecular complexity index is 886. The molecule has 0 fully saturated rings. The lowest BCUT2D eigenvalue weighted by molar-refractivity contribution is 0.00700. The molecule has 0 saturated carbocycles. The Labute approximate surface area is 140 Å². The molecule has 0 unspecified atom stereocenters. The number of hydrogen-bond acceptors (Lipinski definition) is 5. The van der Waals surface area contributed by atoms with Gasteiger partial charge in [-0.05, 0) is 36.1 Å². The molecule has 6 nitrogen and oxygen atoms in total. The van der Waals surface area contributed by atoms with Crippen molar-refractivity contribution in [2.24, 2.45) is 0 Å². The van der Waals surface area contributed by atoms with E-state index >= 15 is 0 Å². The minimum absolute atomic E-state index is 0.0622. The number of likely N-dealkylation sites (N-methyl/N-ethyl adjacent to an activating group) is 1. The summed E-state index contributed by atoms with van der Waals surface area (Å²) in [6, 6.07) is 10.2. The summed E-state index contributed by atoms with van der Waals surface area (Å²) in [5.41, 5.74) is 0.812. The number of fused-ring (bicyclic) bond motifs is 1. The Morgan fingerprint density at radius 2 is 2.00 bits per heavy atom. The van der Waals surface area contributed by atoms with Crippen molar-refractivity contribution in [2.45, 2.75) is 23.5 Å². The second-order valence-electron chi connectivity index (χ2n) is 6.24. The van der Waals surface area contributed by atoms with Crippen LogP contribution in [0.25, 0.3) is 0 Å². The van der Waals surface area contributed by atoms with Crippen LogP contribution in [-0.4, -0.2) is 44.2 Å². The maximum atomic E-state index is 12.5. The molecule has 0 saturated heterocycles. The number of carbonyl (C=O) groups excluding carboxylic acids is 1. The van der Waals surface area contributed by atoms with Gasteiger partial charge in [-0.1, -0.05) is 24.3 Å². The van der Waals surface area contributed by atoms with Crippen molar-refractivity contribution in [3.63, 3.8) is 0 Å². The Kier molecular flexibility index (Phi) is 4.01. The highest BCUT2D eigenvalue weighted by Crippen LogP contribution is 2.37. The number of sulfone groups is 1. The third-order valence-corrected chi connectivity index (χ3v) is 5.28. The van der Waals surface area contributed by atoms with Gasteiger partial charge in [0.1, 0.15) is 5.60 Å². The second-order valence-corrected chi connectivity index (χ2v) is 8.19. The number of nitrogens with zero attached hydrogens (tertiary/aromatic N) is 1.